The highest BCUT2D eigenvalue weighted by Crippen LogP contribution is 2.21. The molecule has 1 aliphatic heterocycles. The number of ether oxygens (including phenoxy) is 2. The molecule has 0 saturated carbocycles. The summed E-state index contributed by atoms with van der Waals surface area (Å²) in [4.78, 5) is 22.6. The number of hydrogen-bond donors (Lipinski definition) is 2. The molecule has 2 aromatic rings. The van der Waals surface area contributed by atoms with Gasteiger partial charge in [-0.05, 0) is 30.3 Å². The van der Waals surface area contributed by atoms with Crippen molar-refractivity contribution in [2.75, 3.05) is 49.7 Å². The van der Waals surface area contributed by atoms with Crippen molar-refractivity contribution in [2.24, 2.45) is 0 Å². The number of rotatable bonds is 5. The minimum absolute atomic E-state index is 0.0356. The second kappa shape index (κ2) is 8.41. The maximum atomic E-state index is 11.5. The van der Waals surface area contributed by atoms with Crippen LogP contribution in [0.3, 0.4) is 0 Å². The number of benzene rings is 1. The van der Waals surface area contributed by atoms with Crippen molar-refractivity contribution in [3.63, 3.8) is 0 Å². The predicted octanol–water partition coefficient (Wildman–Crippen LogP) is 1.52. The van der Waals surface area contributed by atoms with E-state index >= 15 is 0 Å². The largest absolute Gasteiger partial charge is 0.447 e. The fraction of sp³-hybridized carbons (Fsp3) is 0.353. The fourth-order valence-electron chi connectivity index (χ4n) is 2.45. The van der Waals surface area contributed by atoms with Gasteiger partial charge < -0.3 is 19.5 Å². The Kier molecular flexibility index (Phi) is 5.76. The van der Waals surface area contributed by atoms with Crippen LogP contribution in [0.1, 0.15) is 0 Å². The summed E-state index contributed by atoms with van der Waals surface area (Å²) in [6, 6.07) is 9.06. The Labute approximate surface area is 145 Å². The van der Waals surface area contributed by atoms with E-state index in [-0.39, 0.29) is 13.2 Å². The van der Waals surface area contributed by atoms with Crippen molar-refractivity contribution >= 4 is 17.6 Å². The van der Waals surface area contributed by atoms with Gasteiger partial charge >= 0.3 is 6.09 Å². The zero-order valence-electron chi connectivity index (χ0n) is 13.7. The highest BCUT2D eigenvalue weighted by molar-refractivity contribution is 5.84. The molecule has 25 heavy (non-hydrogen) atoms. The monoisotopic (exact) mass is 344 g/mol. The maximum absolute atomic E-state index is 11.5. The molecule has 3 rings (SSSR count). The Bertz CT molecular complexity index is 702. The van der Waals surface area contributed by atoms with Gasteiger partial charge in [-0.15, -0.1) is 0 Å². The summed E-state index contributed by atoms with van der Waals surface area (Å²) in [5, 5.41) is 11.2. The van der Waals surface area contributed by atoms with Crippen LogP contribution in [0, 0.1) is 0 Å². The summed E-state index contributed by atoms with van der Waals surface area (Å²) in [7, 11) is 0. The van der Waals surface area contributed by atoms with Gasteiger partial charge in [0.05, 0.1) is 19.8 Å². The average Bonchev–Trinajstić information content (AvgIpc) is 2.68. The van der Waals surface area contributed by atoms with Crippen molar-refractivity contribution in [1.29, 1.82) is 0 Å². The highest BCUT2D eigenvalue weighted by Gasteiger charge is 2.13. The van der Waals surface area contributed by atoms with Gasteiger partial charge in [-0.3, -0.25) is 5.32 Å². The number of anilines is 2. The van der Waals surface area contributed by atoms with Gasteiger partial charge in [0.15, 0.2) is 5.82 Å². The van der Waals surface area contributed by atoms with Crippen molar-refractivity contribution in [2.45, 2.75) is 0 Å². The van der Waals surface area contributed by atoms with Crippen LogP contribution < -0.4 is 10.2 Å². The third-order valence-electron chi connectivity index (χ3n) is 3.69. The zero-order valence-corrected chi connectivity index (χ0v) is 13.7. The van der Waals surface area contributed by atoms with Crippen LogP contribution in [0.15, 0.2) is 36.5 Å². The van der Waals surface area contributed by atoms with Gasteiger partial charge in [-0.2, -0.15) is 0 Å². The summed E-state index contributed by atoms with van der Waals surface area (Å²) in [6.45, 7) is 2.79. The van der Waals surface area contributed by atoms with Crippen molar-refractivity contribution in [1.82, 2.24) is 9.97 Å². The van der Waals surface area contributed by atoms with E-state index in [4.69, 9.17) is 14.6 Å². The fourth-order valence-corrected chi connectivity index (χ4v) is 2.45. The molecular formula is C17H20N4O4. The molecule has 0 bridgehead atoms. The van der Waals surface area contributed by atoms with E-state index in [9.17, 15) is 4.79 Å². The van der Waals surface area contributed by atoms with Crippen molar-refractivity contribution in [3.05, 3.63) is 36.5 Å². The van der Waals surface area contributed by atoms with Crippen LogP contribution in [0.25, 0.3) is 11.4 Å². The van der Waals surface area contributed by atoms with Gasteiger partial charge in [0, 0.05) is 30.5 Å². The van der Waals surface area contributed by atoms with Crippen LogP contribution in [0.2, 0.25) is 0 Å². The molecule has 132 valence electrons. The molecular weight excluding hydrogens is 324 g/mol. The topological polar surface area (TPSA) is 96.8 Å². The molecule has 2 heterocycles. The third kappa shape index (κ3) is 4.65. The van der Waals surface area contributed by atoms with Crippen LogP contribution in [0.4, 0.5) is 16.3 Å². The van der Waals surface area contributed by atoms with Gasteiger partial charge in [-0.1, -0.05) is 0 Å². The van der Waals surface area contributed by atoms with Gasteiger partial charge in [0.1, 0.15) is 12.4 Å². The van der Waals surface area contributed by atoms with E-state index < -0.39 is 6.09 Å². The Hall–Kier alpha value is -2.71. The smallest absolute Gasteiger partial charge is 0.411 e. The van der Waals surface area contributed by atoms with E-state index in [1.54, 1.807) is 18.3 Å². The summed E-state index contributed by atoms with van der Waals surface area (Å²) in [5.74, 6) is 1.50. The number of aliphatic hydroxyl groups is 1. The molecule has 2 N–H and O–H groups in total. The number of morpholine rings is 1. The average molecular weight is 344 g/mol. The maximum Gasteiger partial charge on any atom is 0.411 e. The first kappa shape index (κ1) is 17.1. The normalized spacial score (nSPS) is 14.2. The standard InChI is InChI=1S/C17H20N4O4/c22-9-12-25-17(23)19-14-3-1-13(2-4-14)16-18-6-5-15(20-16)21-7-10-24-11-8-21/h1-6,22H,7-12H2,(H,19,23). The van der Waals surface area contributed by atoms with E-state index in [1.165, 1.54) is 0 Å². The number of nitrogens with one attached hydrogen (secondary N) is 1. The number of aliphatic hydroxyl groups excluding tert-OH is 1. The minimum atomic E-state index is -0.604. The first-order valence-corrected chi connectivity index (χ1v) is 8.07. The molecule has 8 heteroatoms. The number of hydrogen-bond acceptors (Lipinski definition) is 7. The van der Waals surface area contributed by atoms with Gasteiger partial charge in [0.25, 0.3) is 0 Å². The van der Waals surface area contributed by atoms with E-state index in [2.05, 4.69) is 20.2 Å². The second-order valence-corrected chi connectivity index (χ2v) is 5.40. The molecule has 0 spiro atoms. The molecule has 1 aliphatic rings. The first-order valence-electron chi connectivity index (χ1n) is 8.07. The van der Waals surface area contributed by atoms with Crippen molar-refractivity contribution in [3.8, 4) is 11.4 Å². The molecule has 0 aliphatic carbocycles. The summed E-state index contributed by atoms with van der Waals surface area (Å²) in [5.41, 5.74) is 1.44. The van der Waals surface area contributed by atoms with Crippen LogP contribution in [-0.2, 0) is 9.47 Å². The highest BCUT2D eigenvalue weighted by atomic mass is 16.6. The SMILES string of the molecule is O=C(Nc1ccc(-c2nccc(N3CCOCC3)n2)cc1)OCCO. The molecule has 8 nitrogen and oxygen atoms in total. The summed E-state index contributed by atoms with van der Waals surface area (Å²) >= 11 is 0. The Balaban J connectivity index is 1.68. The first-order chi connectivity index (χ1) is 12.3. The minimum Gasteiger partial charge on any atom is -0.447 e. The van der Waals surface area contributed by atoms with Crippen LogP contribution in [0.5, 0.6) is 0 Å². The molecule has 1 fully saturated rings. The molecule has 1 aromatic heterocycles. The lowest BCUT2D eigenvalue weighted by Crippen LogP contribution is -2.36. The third-order valence-corrected chi connectivity index (χ3v) is 3.69. The zero-order chi connectivity index (χ0) is 17.5. The Morgan fingerprint density at radius 3 is 2.72 bits per heavy atom. The Morgan fingerprint density at radius 1 is 1.24 bits per heavy atom. The molecule has 0 radical (unpaired) electrons. The lowest BCUT2D eigenvalue weighted by molar-refractivity contribution is 0.122. The van der Waals surface area contributed by atoms with Crippen LogP contribution >= 0.6 is 0 Å². The van der Waals surface area contributed by atoms with E-state index in [1.807, 2.05) is 18.2 Å². The number of nitrogens with zero attached hydrogens (tertiary/aromatic N) is 3. The lowest BCUT2D eigenvalue weighted by atomic mass is 10.2. The summed E-state index contributed by atoms with van der Waals surface area (Å²) in [6.07, 6.45) is 1.14. The quantitative estimate of drug-likeness (QED) is 0.849. The molecule has 0 unspecified atom stereocenters. The predicted molar refractivity (Wildman–Crippen MR) is 92.6 cm³/mol. The molecule has 1 aromatic carbocycles. The molecule has 1 amide bonds. The summed E-state index contributed by atoms with van der Waals surface area (Å²) < 4.78 is 10.1. The second-order valence-electron chi connectivity index (χ2n) is 5.40. The number of amides is 1. The van der Waals surface area contributed by atoms with E-state index in [0.717, 1.165) is 24.5 Å². The number of carbonyl (C=O) groups excluding carboxylic acids is 1. The molecule has 1 saturated heterocycles. The van der Waals surface area contributed by atoms with E-state index in [0.29, 0.717) is 24.7 Å². The number of aromatic nitrogens is 2. The van der Waals surface area contributed by atoms with Crippen molar-refractivity contribution < 1.29 is 19.4 Å². The Morgan fingerprint density at radius 2 is 2.00 bits per heavy atom. The van der Waals surface area contributed by atoms with Crippen LogP contribution in [-0.4, -0.2) is 60.7 Å². The number of carbonyl (C=O) groups is 1. The lowest BCUT2D eigenvalue weighted by Gasteiger charge is -2.27. The van der Waals surface area contributed by atoms with Gasteiger partial charge in [0.2, 0.25) is 0 Å². The van der Waals surface area contributed by atoms with Gasteiger partial charge in [-0.25, -0.2) is 14.8 Å². The molecule has 0 atom stereocenters.